The second-order valence-corrected chi connectivity index (χ2v) is 14.1. The van der Waals surface area contributed by atoms with Crippen LogP contribution in [0.15, 0.2) is 79.1 Å². The highest BCUT2D eigenvalue weighted by molar-refractivity contribution is 5.96. The third-order valence-corrected chi connectivity index (χ3v) is 11.1. The molecule has 1 unspecified atom stereocenters. The van der Waals surface area contributed by atoms with Gasteiger partial charge in [0.1, 0.15) is 0 Å². The van der Waals surface area contributed by atoms with Gasteiger partial charge in [-0.1, -0.05) is 24.3 Å². The molecule has 0 saturated carbocycles. The molecule has 1 atom stereocenters. The number of amides is 1. The van der Waals surface area contributed by atoms with E-state index in [4.69, 9.17) is 28.7 Å². The number of nitrogens with zero attached hydrogens (tertiary/aromatic N) is 5. The Balaban J connectivity index is 1.06. The van der Waals surface area contributed by atoms with E-state index in [9.17, 15) is 4.79 Å². The predicted octanol–water partition coefficient (Wildman–Crippen LogP) is 6.27. The molecular formula is C42H50N6O6. The zero-order valence-electron chi connectivity index (χ0n) is 31.8. The number of nitrogens with one attached hydrogen (secondary N) is 1. The predicted molar refractivity (Wildman–Crippen MR) is 209 cm³/mol. The van der Waals surface area contributed by atoms with Crippen molar-refractivity contribution in [3.8, 4) is 28.7 Å². The summed E-state index contributed by atoms with van der Waals surface area (Å²) in [6, 6.07) is 22.3. The van der Waals surface area contributed by atoms with Crippen LogP contribution in [0.25, 0.3) is 11.0 Å². The van der Waals surface area contributed by atoms with Gasteiger partial charge in [0.25, 0.3) is 5.91 Å². The summed E-state index contributed by atoms with van der Waals surface area (Å²) in [5, 5.41) is 3.80. The molecule has 0 radical (unpaired) electrons. The number of piperidine rings is 1. The first-order valence-electron chi connectivity index (χ1n) is 18.5. The van der Waals surface area contributed by atoms with Crippen molar-refractivity contribution in [2.75, 3.05) is 73.6 Å². The smallest absolute Gasteiger partial charge is 0.254 e. The third-order valence-electron chi connectivity index (χ3n) is 11.1. The molecule has 0 aliphatic carbocycles. The van der Waals surface area contributed by atoms with Gasteiger partial charge in [0.15, 0.2) is 23.0 Å². The molecule has 2 aromatic heterocycles. The molecule has 0 spiro atoms. The molecule has 1 amide bonds. The first-order valence-corrected chi connectivity index (χ1v) is 18.5. The summed E-state index contributed by atoms with van der Waals surface area (Å²) < 4.78 is 30.2. The maximum atomic E-state index is 14.1. The van der Waals surface area contributed by atoms with Crippen molar-refractivity contribution >= 4 is 22.9 Å². The van der Waals surface area contributed by atoms with Crippen LogP contribution in [0, 0.1) is 0 Å². The van der Waals surface area contributed by atoms with Crippen LogP contribution in [0.5, 0.6) is 28.7 Å². The van der Waals surface area contributed by atoms with Gasteiger partial charge in [-0.05, 0) is 85.8 Å². The Hall–Kier alpha value is -5.49. The van der Waals surface area contributed by atoms with Crippen molar-refractivity contribution in [3.05, 3.63) is 95.8 Å². The molecule has 2 fully saturated rings. The first kappa shape index (κ1) is 36.9. The van der Waals surface area contributed by atoms with Crippen molar-refractivity contribution in [1.82, 2.24) is 24.3 Å². The summed E-state index contributed by atoms with van der Waals surface area (Å²) in [6.07, 6.45) is 7.44. The average molecular weight is 735 g/mol. The number of hydrogen-bond acceptors (Lipinski definition) is 10. The fraction of sp³-hybridized carbons (Fsp3) is 0.405. The Bertz CT molecular complexity index is 2040. The van der Waals surface area contributed by atoms with Crippen LogP contribution in [-0.4, -0.2) is 105 Å². The third kappa shape index (κ3) is 7.48. The number of carbonyl (C=O) groups excluding carboxylic acids is 1. The lowest BCUT2D eigenvalue weighted by Crippen LogP contribution is -2.42. The molecule has 3 aromatic carbocycles. The fourth-order valence-electron chi connectivity index (χ4n) is 8.06. The van der Waals surface area contributed by atoms with E-state index in [0.717, 1.165) is 73.4 Å². The Morgan fingerprint density at radius 3 is 2.26 bits per heavy atom. The number of hydrogen-bond donors (Lipinski definition) is 1. The van der Waals surface area contributed by atoms with Crippen molar-refractivity contribution in [2.45, 2.75) is 43.7 Å². The highest BCUT2D eigenvalue weighted by Gasteiger charge is 2.42. The quantitative estimate of drug-likeness (QED) is 0.140. The lowest BCUT2D eigenvalue weighted by molar-refractivity contribution is 0.0779. The number of aromatic nitrogens is 3. The summed E-state index contributed by atoms with van der Waals surface area (Å²) in [7, 11) is 7.98. The number of likely N-dealkylation sites (tertiary alicyclic amines) is 2. The Morgan fingerprint density at radius 2 is 1.57 bits per heavy atom. The van der Waals surface area contributed by atoms with E-state index in [1.165, 1.54) is 0 Å². The normalized spacial score (nSPS) is 17.8. The minimum absolute atomic E-state index is 0.0713. The van der Waals surface area contributed by atoms with Crippen LogP contribution in [0.1, 0.15) is 47.2 Å². The van der Waals surface area contributed by atoms with E-state index in [0.29, 0.717) is 60.0 Å². The van der Waals surface area contributed by atoms with Gasteiger partial charge in [-0.2, -0.15) is 0 Å². The van der Waals surface area contributed by atoms with E-state index in [1.54, 1.807) is 53.9 Å². The number of anilines is 1. The van der Waals surface area contributed by atoms with Crippen LogP contribution in [0.4, 0.5) is 5.95 Å². The molecule has 0 bridgehead atoms. The summed E-state index contributed by atoms with van der Waals surface area (Å²) in [5.74, 6) is 3.56. The van der Waals surface area contributed by atoms with Crippen LogP contribution in [-0.2, 0) is 12.0 Å². The molecule has 7 rings (SSSR count). The number of benzene rings is 3. The van der Waals surface area contributed by atoms with E-state index >= 15 is 0 Å². The molecule has 54 heavy (non-hydrogen) atoms. The maximum absolute atomic E-state index is 14.1. The summed E-state index contributed by atoms with van der Waals surface area (Å²) in [6.45, 7) is 4.74. The molecule has 2 aliphatic heterocycles. The molecule has 4 heterocycles. The van der Waals surface area contributed by atoms with Crippen molar-refractivity contribution < 1.29 is 28.5 Å². The lowest BCUT2D eigenvalue weighted by atomic mass is 9.76. The fourth-order valence-corrected chi connectivity index (χ4v) is 8.06. The van der Waals surface area contributed by atoms with Crippen LogP contribution >= 0.6 is 0 Å². The van der Waals surface area contributed by atoms with Gasteiger partial charge in [-0.15, -0.1) is 0 Å². The summed E-state index contributed by atoms with van der Waals surface area (Å²) in [5.41, 5.74) is 4.59. The van der Waals surface area contributed by atoms with Gasteiger partial charge in [0, 0.05) is 55.6 Å². The second-order valence-electron chi connectivity index (χ2n) is 14.1. The number of fused-ring (bicyclic) bond motifs is 1. The zero-order chi connectivity index (χ0) is 37.7. The SMILES string of the molecule is COc1ccc(C2(CCN3CCC(Nc4nc5ccccc5n4Cc4cccnc4)CC3)CCN(C(=O)c3cc(OC)c(OC)c(OC)c3)C2)cc1OC. The minimum Gasteiger partial charge on any atom is -0.493 e. The number of carbonyl (C=O) groups is 1. The Labute approximate surface area is 316 Å². The minimum atomic E-state index is -0.276. The van der Waals surface area contributed by atoms with Gasteiger partial charge in [0.2, 0.25) is 11.7 Å². The molecule has 284 valence electrons. The monoisotopic (exact) mass is 734 g/mol. The zero-order valence-corrected chi connectivity index (χ0v) is 31.8. The van der Waals surface area contributed by atoms with Crippen LogP contribution in [0.3, 0.4) is 0 Å². The topological polar surface area (TPSA) is 112 Å². The average Bonchev–Trinajstić information content (AvgIpc) is 3.82. The maximum Gasteiger partial charge on any atom is 0.254 e. The Morgan fingerprint density at radius 1 is 0.833 bits per heavy atom. The van der Waals surface area contributed by atoms with Gasteiger partial charge in [-0.3, -0.25) is 9.78 Å². The number of rotatable bonds is 14. The van der Waals surface area contributed by atoms with Crippen molar-refractivity contribution in [2.24, 2.45) is 0 Å². The molecule has 1 N–H and O–H groups in total. The highest BCUT2D eigenvalue weighted by Crippen LogP contribution is 2.43. The molecule has 2 saturated heterocycles. The molecular weight excluding hydrogens is 684 g/mol. The molecule has 12 heteroatoms. The first-order chi connectivity index (χ1) is 26.4. The number of ether oxygens (including phenoxy) is 5. The molecule has 5 aromatic rings. The van der Waals surface area contributed by atoms with Gasteiger partial charge in [0.05, 0.1) is 53.1 Å². The number of pyridine rings is 1. The molecule has 12 nitrogen and oxygen atoms in total. The highest BCUT2D eigenvalue weighted by atomic mass is 16.5. The van der Waals surface area contributed by atoms with Crippen molar-refractivity contribution in [3.63, 3.8) is 0 Å². The van der Waals surface area contributed by atoms with E-state index < -0.39 is 0 Å². The second kappa shape index (κ2) is 16.3. The Kier molecular flexibility index (Phi) is 11.1. The van der Waals surface area contributed by atoms with Gasteiger partial charge >= 0.3 is 0 Å². The number of para-hydroxylation sites is 2. The molecule has 2 aliphatic rings. The van der Waals surface area contributed by atoms with Crippen molar-refractivity contribution in [1.29, 1.82) is 0 Å². The number of imidazole rings is 1. The summed E-state index contributed by atoms with van der Waals surface area (Å²) >= 11 is 0. The standard InChI is InChI=1S/C42H50N6O6/c1-50-35-13-12-31(25-36(35)51-2)42(17-22-47(28-42)40(49)30-23-37(52-3)39(54-5)38(24-30)53-4)16-21-46-19-14-32(15-20-46)44-41-45-33-10-6-7-11-34(33)48(41)27-29-9-8-18-43-26-29/h6-13,18,23-26,32H,14-17,19-22,27-28H2,1-5H3,(H,44,45). The van der Waals surface area contributed by atoms with E-state index in [1.807, 2.05) is 29.3 Å². The van der Waals surface area contributed by atoms with E-state index in [-0.39, 0.29) is 11.3 Å². The van der Waals surface area contributed by atoms with E-state index in [2.05, 4.69) is 56.2 Å². The summed E-state index contributed by atoms with van der Waals surface area (Å²) in [4.78, 5) is 27.9. The van der Waals surface area contributed by atoms with Crippen LogP contribution < -0.4 is 29.0 Å². The number of methoxy groups -OCH3 is 5. The van der Waals surface area contributed by atoms with Crippen LogP contribution in [0.2, 0.25) is 0 Å². The van der Waals surface area contributed by atoms with Gasteiger partial charge < -0.3 is 43.4 Å². The lowest BCUT2D eigenvalue weighted by Gasteiger charge is -2.36. The van der Waals surface area contributed by atoms with Gasteiger partial charge in [-0.25, -0.2) is 4.98 Å². The largest absolute Gasteiger partial charge is 0.493 e.